The third-order valence-electron chi connectivity index (χ3n) is 3.96. The molecule has 2 aromatic rings. The second-order valence-corrected chi connectivity index (χ2v) is 5.90. The van der Waals surface area contributed by atoms with Crippen LogP contribution in [0.5, 0.6) is 0 Å². The van der Waals surface area contributed by atoms with E-state index in [0.29, 0.717) is 18.8 Å². The summed E-state index contributed by atoms with van der Waals surface area (Å²) in [6.45, 7) is 2.97. The zero-order chi connectivity index (χ0) is 16.9. The average molecular weight is 326 g/mol. The molecule has 24 heavy (non-hydrogen) atoms. The minimum atomic E-state index is -0.136. The van der Waals surface area contributed by atoms with Gasteiger partial charge in [0.05, 0.1) is 13.2 Å². The standard InChI is InChI=1S/C18H22N4O2/c1-21(2)16-5-3-4-15(13-16)20-18(23)14-6-7-19-17(12-14)22-8-10-24-11-9-22/h3-7,12-13H,8-11H2,1-2H3,(H,20,23). The number of hydrogen-bond donors (Lipinski definition) is 1. The van der Waals surface area contributed by atoms with Crippen molar-refractivity contribution in [3.8, 4) is 0 Å². The van der Waals surface area contributed by atoms with Crippen molar-refractivity contribution in [2.75, 3.05) is 55.5 Å². The van der Waals surface area contributed by atoms with E-state index >= 15 is 0 Å². The Morgan fingerprint density at radius 2 is 2.00 bits per heavy atom. The van der Waals surface area contributed by atoms with E-state index in [2.05, 4.69) is 15.2 Å². The van der Waals surface area contributed by atoms with Crippen molar-refractivity contribution in [2.45, 2.75) is 0 Å². The van der Waals surface area contributed by atoms with Crippen LogP contribution < -0.4 is 15.1 Å². The molecule has 0 saturated carbocycles. The Hall–Kier alpha value is -2.60. The predicted molar refractivity (Wildman–Crippen MR) is 96.0 cm³/mol. The van der Waals surface area contributed by atoms with E-state index in [0.717, 1.165) is 30.3 Å². The Morgan fingerprint density at radius 1 is 1.21 bits per heavy atom. The van der Waals surface area contributed by atoms with E-state index in [1.807, 2.05) is 49.3 Å². The first kappa shape index (κ1) is 16.3. The highest BCUT2D eigenvalue weighted by Gasteiger charge is 2.14. The van der Waals surface area contributed by atoms with Gasteiger partial charge in [-0.25, -0.2) is 4.98 Å². The van der Waals surface area contributed by atoms with Crippen molar-refractivity contribution in [1.29, 1.82) is 0 Å². The number of anilines is 3. The van der Waals surface area contributed by atoms with Gasteiger partial charge in [0.15, 0.2) is 0 Å². The maximum atomic E-state index is 12.5. The summed E-state index contributed by atoms with van der Waals surface area (Å²) >= 11 is 0. The molecule has 3 rings (SSSR count). The highest BCUT2D eigenvalue weighted by molar-refractivity contribution is 6.04. The molecule has 0 spiro atoms. The molecule has 1 aromatic carbocycles. The van der Waals surface area contributed by atoms with Gasteiger partial charge in [0.25, 0.3) is 5.91 Å². The van der Waals surface area contributed by atoms with Crippen molar-refractivity contribution >= 4 is 23.1 Å². The zero-order valence-corrected chi connectivity index (χ0v) is 14.0. The SMILES string of the molecule is CN(C)c1cccc(NC(=O)c2ccnc(N3CCOCC3)c2)c1. The number of pyridine rings is 1. The number of aromatic nitrogens is 1. The third-order valence-corrected chi connectivity index (χ3v) is 3.96. The molecule has 0 bridgehead atoms. The van der Waals surface area contributed by atoms with Gasteiger partial charge in [0.1, 0.15) is 5.82 Å². The number of morpholine rings is 1. The minimum absolute atomic E-state index is 0.136. The number of amides is 1. The van der Waals surface area contributed by atoms with Gasteiger partial charge in [-0.05, 0) is 30.3 Å². The van der Waals surface area contributed by atoms with Crippen molar-refractivity contribution < 1.29 is 9.53 Å². The molecular weight excluding hydrogens is 304 g/mol. The molecule has 0 radical (unpaired) electrons. The van der Waals surface area contributed by atoms with Gasteiger partial charge in [-0.1, -0.05) is 6.07 Å². The van der Waals surface area contributed by atoms with Gasteiger partial charge in [0.2, 0.25) is 0 Å². The molecule has 1 aliphatic heterocycles. The number of carbonyl (C=O) groups excluding carboxylic acids is 1. The molecule has 1 amide bonds. The highest BCUT2D eigenvalue weighted by Crippen LogP contribution is 2.19. The Kier molecular flexibility index (Phi) is 4.96. The van der Waals surface area contributed by atoms with Crippen LogP contribution in [0.1, 0.15) is 10.4 Å². The molecule has 1 N–H and O–H groups in total. The number of benzene rings is 1. The minimum Gasteiger partial charge on any atom is -0.378 e. The summed E-state index contributed by atoms with van der Waals surface area (Å²) in [6.07, 6.45) is 1.68. The van der Waals surface area contributed by atoms with Crippen LogP contribution >= 0.6 is 0 Å². The summed E-state index contributed by atoms with van der Waals surface area (Å²) < 4.78 is 5.36. The summed E-state index contributed by atoms with van der Waals surface area (Å²) in [5.74, 6) is 0.677. The molecule has 0 unspecified atom stereocenters. The van der Waals surface area contributed by atoms with Crippen LogP contribution in [0.4, 0.5) is 17.2 Å². The van der Waals surface area contributed by atoms with Crippen LogP contribution in [0.15, 0.2) is 42.6 Å². The molecule has 6 heteroatoms. The monoisotopic (exact) mass is 326 g/mol. The number of hydrogen-bond acceptors (Lipinski definition) is 5. The van der Waals surface area contributed by atoms with Crippen LogP contribution in [0.3, 0.4) is 0 Å². The van der Waals surface area contributed by atoms with Crippen molar-refractivity contribution in [2.24, 2.45) is 0 Å². The van der Waals surface area contributed by atoms with E-state index in [1.54, 1.807) is 12.3 Å². The van der Waals surface area contributed by atoms with E-state index in [-0.39, 0.29) is 5.91 Å². The van der Waals surface area contributed by atoms with E-state index < -0.39 is 0 Å². The lowest BCUT2D eigenvalue weighted by Gasteiger charge is -2.27. The van der Waals surface area contributed by atoms with Crippen molar-refractivity contribution in [1.82, 2.24) is 4.98 Å². The Balaban J connectivity index is 1.74. The molecular formula is C18H22N4O2. The first-order chi connectivity index (χ1) is 11.6. The van der Waals surface area contributed by atoms with E-state index in [1.165, 1.54) is 0 Å². The summed E-state index contributed by atoms with van der Waals surface area (Å²) in [5.41, 5.74) is 2.41. The summed E-state index contributed by atoms with van der Waals surface area (Å²) in [7, 11) is 3.94. The largest absolute Gasteiger partial charge is 0.378 e. The lowest BCUT2D eigenvalue weighted by Crippen LogP contribution is -2.36. The Morgan fingerprint density at radius 3 is 2.75 bits per heavy atom. The number of ether oxygens (including phenoxy) is 1. The van der Waals surface area contributed by atoms with Gasteiger partial charge in [0, 0.05) is 50.3 Å². The second kappa shape index (κ2) is 7.31. The maximum absolute atomic E-state index is 12.5. The fourth-order valence-electron chi connectivity index (χ4n) is 2.59. The lowest BCUT2D eigenvalue weighted by atomic mass is 10.2. The third kappa shape index (κ3) is 3.83. The molecule has 1 saturated heterocycles. The Labute approximate surface area is 142 Å². The number of nitrogens with one attached hydrogen (secondary N) is 1. The normalized spacial score (nSPS) is 14.3. The van der Waals surface area contributed by atoms with Crippen LogP contribution in [0.25, 0.3) is 0 Å². The van der Waals surface area contributed by atoms with Crippen LogP contribution in [0, 0.1) is 0 Å². The molecule has 2 heterocycles. The van der Waals surface area contributed by atoms with Crippen LogP contribution in [-0.2, 0) is 4.74 Å². The average Bonchev–Trinajstić information content (AvgIpc) is 2.63. The first-order valence-electron chi connectivity index (χ1n) is 8.01. The Bertz CT molecular complexity index is 712. The number of nitrogens with zero attached hydrogens (tertiary/aromatic N) is 3. The molecule has 6 nitrogen and oxygen atoms in total. The predicted octanol–water partition coefficient (Wildman–Crippen LogP) is 2.24. The molecule has 0 atom stereocenters. The summed E-state index contributed by atoms with van der Waals surface area (Å²) in [4.78, 5) is 21.0. The van der Waals surface area contributed by atoms with Crippen LogP contribution in [-0.4, -0.2) is 51.3 Å². The topological polar surface area (TPSA) is 57.7 Å². The van der Waals surface area contributed by atoms with Gasteiger partial charge < -0.3 is 19.9 Å². The van der Waals surface area contributed by atoms with Gasteiger partial charge >= 0.3 is 0 Å². The smallest absolute Gasteiger partial charge is 0.255 e. The van der Waals surface area contributed by atoms with E-state index in [4.69, 9.17) is 4.74 Å². The van der Waals surface area contributed by atoms with E-state index in [9.17, 15) is 4.79 Å². The van der Waals surface area contributed by atoms with Gasteiger partial charge in [-0.3, -0.25) is 4.79 Å². The highest BCUT2D eigenvalue weighted by atomic mass is 16.5. The number of carbonyl (C=O) groups is 1. The molecule has 0 aliphatic carbocycles. The molecule has 1 aliphatic rings. The molecule has 1 aromatic heterocycles. The van der Waals surface area contributed by atoms with Gasteiger partial charge in [-0.15, -0.1) is 0 Å². The maximum Gasteiger partial charge on any atom is 0.255 e. The second-order valence-electron chi connectivity index (χ2n) is 5.90. The first-order valence-corrected chi connectivity index (χ1v) is 8.01. The fraction of sp³-hybridized carbons (Fsp3) is 0.333. The zero-order valence-electron chi connectivity index (χ0n) is 14.0. The van der Waals surface area contributed by atoms with Crippen molar-refractivity contribution in [3.05, 3.63) is 48.2 Å². The fourth-order valence-corrected chi connectivity index (χ4v) is 2.59. The number of rotatable bonds is 4. The van der Waals surface area contributed by atoms with Crippen molar-refractivity contribution in [3.63, 3.8) is 0 Å². The lowest BCUT2D eigenvalue weighted by molar-refractivity contribution is 0.102. The molecule has 1 fully saturated rings. The van der Waals surface area contributed by atoms with Gasteiger partial charge in [-0.2, -0.15) is 0 Å². The van der Waals surface area contributed by atoms with Crippen LogP contribution in [0.2, 0.25) is 0 Å². The summed E-state index contributed by atoms with van der Waals surface area (Å²) in [6, 6.07) is 11.3. The molecule has 126 valence electrons. The summed E-state index contributed by atoms with van der Waals surface area (Å²) in [5, 5.41) is 2.95. The quantitative estimate of drug-likeness (QED) is 0.934.